The van der Waals surface area contributed by atoms with Crippen molar-refractivity contribution in [3.8, 4) is 5.75 Å². The van der Waals surface area contributed by atoms with Gasteiger partial charge in [0.15, 0.2) is 0 Å². The predicted octanol–water partition coefficient (Wildman–Crippen LogP) is 4.80. The van der Waals surface area contributed by atoms with Crippen LogP contribution in [-0.4, -0.2) is 12.5 Å². The average molecular weight is 330 g/mol. The minimum Gasteiger partial charge on any atom is -0.493 e. The summed E-state index contributed by atoms with van der Waals surface area (Å²) in [6.45, 7) is 2.84. The van der Waals surface area contributed by atoms with Crippen molar-refractivity contribution in [1.82, 2.24) is 0 Å². The molecule has 0 aromatic heterocycles. The molecular weight excluding hydrogens is 310 g/mol. The summed E-state index contributed by atoms with van der Waals surface area (Å²) in [4.78, 5) is 12.3. The van der Waals surface area contributed by atoms with Gasteiger partial charge in [-0.1, -0.05) is 43.1 Å². The zero-order valence-corrected chi connectivity index (χ0v) is 13.9. The molecule has 0 radical (unpaired) electrons. The lowest BCUT2D eigenvalue weighted by Crippen LogP contribution is -2.15. The first kappa shape index (κ1) is 15.9. The van der Waals surface area contributed by atoms with Crippen molar-refractivity contribution in [1.29, 1.82) is 0 Å². The monoisotopic (exact) mass is 329 g/mol. The molecule has 23 heavy (non-hydrogen) atoms. The molecule has 1 heterocycles. The van der Waals surface area contributed by atoms with Gasteiger partial charge >= 0.3 is 0 Å². The van der Waals surface area contributed by atoms with Crippen molar-refractivity contribution in [3.63, 3.8) is 0 Å². The molecule has 0 bridgehead atoms. The van der Waals surface area contributed by atoms with Gasteiger partial charge in [-0.15, -0.1) is 0 Å². The Hall–Kier alpha value is -2.00. The van der Waals surface area contributed by atoms with E-state index in [2.05, 4.69) is 12.2 Å². The lowest BCUT2D eigenvalue weighted by Gasteiger charge is -2.14. The van der Waals surface area contributed by atoms with Crippen LogP contribution in [0.4, 0.5) is 5.69 Å². The zero-order chi connectivity index (χ0) is 16.2. The molecule has 2 aromatic rings. The molecule has 0 spiro atoms. The molecule has 1 amide bonds. The SMILES string of the molecule is CCCCOc1ccccc1C[C@@H]1C(=O)Nc2ccc(Cl)cc21. The van der Waals surface area contributed by atoms with Gasteiger partial charge in [-0.2, -0.15) is 0 Å². The molecule has 1 N–H and O–H groups in total. The molecule has 1 aliphatic heterocycles. The number of hydrogen-bond donors (Lipinski definition) is 1. The van der Waals surface area contributed by atoms with E-state index in [1.165, 1.54) is 0 Å². The largest absolute Gasteiger partial charge is 0.493 e. The molecule has 1 atom stereocenters. The van der Waals surface area contributed by atoms with Gasteiger partial charge in [0.25, 0.3) is 0 Å². The van der Waals surface area contributed by atoms with Crippen molar-refractivity contribution in [2.45, 2.75) is 32.1 Å². The minimum atomic E-state index is -0.223. The Morgan fingerprint density at radius 2 is 2.04 bits per heavy atom. The van der Waals surface area contributed by atoms with Crippen LogP contribution in [0.5, 0.6) is 5.75 Å². The van der Waals surface area contributed by atoms with Crippen LogP contribution in [0.1, 0.15) is 36.8 Å². The minimum absolute atomic E-state index is 0.0191. The Kier molecular flexibility index (Phi) is 4.87. The van der Waals surface area contributed by atoms with Crippen molar-refractivity contribution in [2.75, 3.05) is 11.9 Å². The van der Waals surface area contributed by atoms with E-state index < -0.39 is 0 Å². The number of rotatable bonds is 6. The smallest absolute Gasteiger partial charge is 0.232 e. The molecule has 0 unspecified atom stereocenters. The topological polar surface area (TPSA) is 38.3 Å². The summed E-state index contributed by atoms with van der Waals surface area (Å²) < 4.78 is 5.88. The first-order chi connectivity index (χ1) is 11.2. The van der Waals surface area contributed by atoms with Gasteiger partial charge < -0.3 is 10.1 Å². The molecule has 2 aromatic carbocycles. The van der Waals surface area contributed by atoms with Crippen LogP contribution in [0, 0.1) is 0 Å². The fourth-order valence-electron chi connectivity index (χ4n) is 2.86. The van der Waals surface area contributed by atoms with Crippen molar-refractivity contribution in [2.24, 2.45) is 0 Å². The van der Waals surface area contributed by atoms with Gasteiger partial charge in [-0.3, -0.25) is 4.79 Å². The number of anilines is 1. The van der Waals surface area contributed by atoms with Crippen LogP contribution in [0.25, 0.3) is 0 Å². The Morgan fingerprint density at radius 3 is 2.87 bits per heavy atom. The number of unbranched alkanes of at least 4 members (excludes halogenated alkanes) is 1. The number of carbonyl (C=O) groups excluding carboxylic acids is 1. The molecule has 4 heteroatoms. The normalized spacial score (nSPS) is 16.1. The highest BCUT2D eigenvalue weighted by molar-refractivity contribution is 6.31. The fourth-order valence-corrected chi connectivity index (χ4v) is 3.04. The molecule has 3 nitrogen and oxygen atoms in total. The van der Waals surface area contributed by atoms with Gasteiger partial charge in [0, 0.05) is 10.7 Å². The third kappa shape index (κ3) is 3.50. The van der Waals surface area contributed by atoms with E-state index >= 15 is 0 Å². The lowest BCUT2D eigenvalue weighted by atomic mass is 9.93. The predicted molar refractivity (Wildman–Crippen MR) is 93.4 cm³/mol. The number of para-hydroxylation sites is 1. The Morgan fingerprint density at radius 1 is 1.22 bits per heavy atom. The average Bonchev–Trinajstić information content (AvgIpc) is 2.85. The molecular formula is C19H20ClNO2. The van der Waals surface area contributed by atoms with E-state index in [4.69, 9.17) is 16.3 Å². The summed E-state index contributed by atoms with van der Waals surface area (Å²) in [5.41, 5.74) is 2.87. The van der Waals surface area contributed by atoms with Gasteiger partial charge in [-0.05, 0) is 48.2 Å². The van der Waals surface area contributed by atoms with Crippen LogP contribution in [0.15, 0.2) is 42.5 Å². The third-order valence-corrected chi connectivity index (χ3v) is 4.35. The summed E-state index contributed by atoms with van der Waals surface area (Å²) in [6, 6.07) is 13.5. The number of benzene rings is 2. The zero-order valence-electron chi connectivity index (χ0n) is 13.1. The second kappa shape index (κ2) is 7.05. The molecule has 0 saturated carbocycles. The maximum Gasteiger partial charge on any atom is 0.232 e. The fraction of sp³-hybridized carbons (Fsp3) is 0.316. The van der Waals surface area contributed by atoms with Gasteiger partial charge in [0.1, 0.15) is 5.75 Å². The van der Waals surface area contributed by atoms with Crippen LogP contribution >= 0.6 is 11.6 Å². The number of halogens is 1. The number of carbonyl (C=O) groups is 1. The molecule has 0 saturated heterocycles. The number of ether oxygens (including phenoxy) is 1. The highest BCUT2D eigenvalue weighted by Gasteiger charge is 2.31. The highest BCUT2D eigenvalue weighted by Crippen LogP contribution is 2.37. The van der Waals surface area contributed by atoms with E-state index in [0.717, 1.165) is 35.4 Å². The van der Waals surface area contributed by atoms with E-state index in [1.54, 1.807) is 6.07 Å². The van der Waals surface area contributed by atoms with Crippen LogP contribution in [0.2, 0.25) is 5.02 Å². The Balaban J connectivity index is 1.83. The lowest BCUT2D eigenvalue weighted by molar-refractivity contribution is -0.117. The van der Waals surface area contributed by atoms with Crippen molar-refractivity contribution < 1.29 is 9.53 Å². The second-order valence-corrected chi connectivity index (χ2v) is 6.22. The first-order valence-electron chi connectivity index (χ1n) is 8.00. The van der Waals surface area contributed by atoms with Crippen molar-refractivity contribution >= 4 is 23.2 Å². The van der Waals surface area contributed by atoms with Crippen LogP contribution < -0.4 is 10.1 Å². The van der Waals surface area contributed by atoms with Gasteiger partial charge in [0.05, 0.1) is 12.5 Å². The Bertz CT molecular complexity index is 714. The molecule has 0 aliphatic carbocycles. The maximum absolute atomic E-state index is 12.3. The van der Waals surface area contributed by atoms with Crippen LogP contribution in [0.3, 0.4) is 0 Å². The van der Waals surface area contributed by atoms with Gasteiger partial charge in [0.2, 0.25) is 5.91 Å². The molecule has 120 valence electrons. The third-order valence-electron chi connectivity index (χ3n) is 4.12. The van der Waals surface area contributed by atoms with E-state index in [0.29, 0.717) is 18.1 Å². The van der Waals surface area contributed by atoms with E-state index in [1.807, 2.05) is 36.4 Å². The summed E-state index contributed by atoms with van der Waals surface area (Å²) in [5, 5.41) is 3.58. The summed E-state index contributed by atoms with van der Waals surface area (Å²) in [6.07, 6.45) is 2.73. The van der Waals surface area contributed by atoms with Gasteiger partial charge in [-0.25, -0.2) is 0 Å². The van der Waals surface area contributed by atoms with Crippen molar-refractivity contribution in [3.05, 3.63) is 58.6 Å². The number of hydrogen-bond acceptors (Lipinski definition) is 2. The summed E-state index contributed by atoms with van der Waals surface area (Å²) in [5.74, 6) is 0.662. The standard InChI is InChI=1S/C19H20ClNO2/c1-2-3-10-23-18-7-5-4-6-13(18)11-16-15-12-14(20)8-9-17(15)21-19(16)22/h4-9,12,16H,2-3,10-11H2,1H3,(H,21,22)/t16-/m0/s1. The number of amides is 1. The number of fused-ring (bicyclic) bond motifs is 1. The van der Waals surface area contributed by atoms with E-state index in [-0.39, 0.29) is 11.8 Å². The molecule has 3 rings (SSSR count). The summed E-state index contributed by atoms with van der Waals surface area (Å²) in [7, 11) is 0. The molecule has 1 aliphatic rings. The molecule has 0 fully saturated rings. The first-order valence-corrected chi connectivity index (χ1v) is 8.38. The quantitative estimate of drug-likeness (QED) is 0.773. The number of nitrogens with one attached hydrogen (secondary N) is 1. The summed E-state index contributed by atoms with van der Waals surface area (Å²) >= 11 is 6.09. The highest BCUT2D eigenvalue weighted by atomic mass is 35.5. The van der Waals surface area contributed by atoms with Crippen LogP contribution in [-0.2, 0) is 11.2 Å². The van der Waals surface area contributed by atoms with E-state index in [9.17, 15) is 4.79 Å². The second-order valence-electron chi connectivity index (χ2n) is 5.79. The maximum atomic E-state index is 12.3. The Labute approximate surface area is 141 Å².